The largest absolute Gasteiger partial charge is 0.507 e. The van der Waals surface area contributed by atoms with Gasteiger partial charge in [-0.25, -0.2) is 5.43 Å². The van der Waals surface area contributed by atoms with Crippen LogP contribution in [0.3, 0.4) is 0 Å². The number of carbonyl (C=O) groups excluding carboxylic acids is 1. The van der Waals surface area contributed by atoms with Gasteiger partial charge in [-0.15, -0.1) is 0 Å². The summed E-state index contributed by atoms with van der Waals surface area (Å²) in [5.74, 6) is -0.570. The maximum absolute atomic E-state index is 11.9. The van der Waals surface area contributed by atoms with Gasteiger partial charge in [-0.05, 0) is 37.3 Å². The SMILES string of the molecule is CC(=NNC(=O)c1cc(Br)ccc1O)c1ccncc1. The molecule has 5 nitrogen and oxygen atoms in total. The number of nitrogens with one attached hydrogen (secondary N) is 1. The predicted octanol–water partition coefficient (Wildman–Crippen LogP) is 2.70. The van der Waals surface area contributed by atoms with Gasteiger partial charge in [0, 0.05) is 22.4 Å². The van der Waals surface area contributed by atoms with Crippen molar-refractivity contribution in [2.24, 2.45) is 5.10 Å². The van der Waals surface area contributed by atoms with E-state index in [4.69, 9.17) is 0 Å². The number of nitrogens with zero attached hydrogens (tertiary/aromatic N) is 2. The molecule has 0 unspecified atom stereocenters. The Kier molecular flexibility index (Phi) is 4.47. The first-order chi connectivity index (χ1) is 9.58. The zero-order valence-electron chi connectivity index (χ0n) is 10.7. The molecule has 20 heavy (non-hydrogen) atoms. The second-order valence-electron chi connectivity index (χ2n) is 4.04. The molecule has 1 aromatic carbocycles. The molecule has 2 rings (SSSR count). The summed E-state index contributed by atoms with van der Waals surface area (Å²) in [5, 5.41) is 13.7. The highest BCUT2D eigenvalue weighted by Gasteiger charge is 2.11. The molecular formula is C14H12BrN3O2. The van der Waals surface area contributed by atoms with E-state index >= 15 is 0 Å². The second-order valence-corrected chi connectivity index (χ2v) is 4.95. The number of halogens is 1. The van der Waals surface area contributed by atoms with Crippen molar-refractivity contribution in [3.63, 3.8) is 0 Å². The number of phenols is 1. The first-order valence-corrected chi connectivity index (χ1v) is 6.61. The number of aromatic nitrogens is 1. The van der Waals surface area contributed by atoms with E-state index in [-0.39, 0.29) is 11.3 Å². The Bertz CT molecular complexity index is 657. The zero-order chi connectivity index (χ0) is 14.5. The predicted molar refractivity (Wildman–Crippen MR) is 79.7 cm³/mol. The first kappa shape index (κ1) is 14.2. The van der Waals surface area contributed by atoms with Crippen molar-refractivity contribution in [2.45, 2.75) is 6.92 Å². The van der Waals surface area contributed by atoms with Crippen molar-refractivity contribution in [2.75, 3.05) is 0 Å². The first-order valence-electron chi connectivity index (χ1n) is 5.81. The average molecular weight is 334 g/mol. The minimum atomic E-state index is -0.475. The lowest BCUT2D eigenvalue weighted by atomic mass is 10.2. The van der Waals surface area contributed by atoms with Crippen molar-refractivity contribution in [1.29, 1.82) is 0 Å². The molecule has 0 aliphatic heterocycles. The summed E-state index contributed by atoms with van der Waals surface area (Å²) in [7, 11) is 0. The van der Waals surface area contributed by atoms with Crippen molar-refractivity contribution >= 4 is 27.5 Å². The molecule has 2 N–H and O–H groups in total. The van der Waals surface area contributed by atoms with Gasteiger partial charge in [-0.3, -0.25) is 9.78 Å². The number of pyridine rings is 1. The molecule has 1 amide bonds. The number of amides is 1. The highest BCUT2D eigenvalue weighted by Crippen LogP contribution is 2.21. The van der Waals surface area contributed by atoms with E-state index in [2.05, 4.69) is 31.4 Å². The summed E-state index contributed by atoms with van der Waals surface area (Å²) in [6.45, 7) is 1.77. The van der Waals surface area contributed by atoms with Gasteiger partial charge in [0.15, 0.2) is 0 Å². The molecule has 0 aliphatic rings. The van der Waals surface area contributed by atoms with Crippen molar-refractivity contribution in [3.05, 3.63) is 58.3 Å². The van der Waals surface area contributed by atoms with E-state index in [1.165, 1.54) is 12.1 Å². The summed E-state index contributed by atoms with van der Waals surface area (Å²) in [4.78, 5) is 15.9. The third-order valence-electron chi connectivity index (χ3n) is 2.63. The molecule has 0 radical (unpaired) electrons. The van der Waals surface area contributed by atoms with Crippen molar-refractivity contribution in [3.8, 4) is 5.75 Å². The number of aromatic hydroxyl groups is 1. The molecule has 1 aromatic heterocycles. The normalized spacial score (nSPS) is 11.2. The van der Waals surface area contributed by atoms with E-state index in [1.807, 2.05) is 0 Å². The molecule has 0 saturated carbocycles. The van der Waals surface area contributed by atoms with Crippen LogP contribution in [0.2, 0.25) is 0 Å². The molecule has 1 heterocycles. The molecule has 0 saturated heterocycles. The van der Waals surface area contributed by atoms with Crippen LogP contribution in [0.25, 0.3) is 0 Å². The molecule has 2 aromatic rings. The maximum Gasteiger partial charge on any atom is 0.275 e. The van der Waals surface area contributed by atoms with Gasteiger partial charge in [-0.1, -0.05) is 15.9 Å². The monoisotopic (exact) mass is 333 g/mol. The quantitative estimate of drug-likeness (QED) is 0.669. The van der Waals surface area contributed by atoms with Crippen LogP contribution in [-0.2, 0) is 0 Å². The Morgan fingerprint density at radius 2 is 2.00 bits per heavy atom. The smallest absolute Gasteiger partial charge is 0.275 e. The van der Waals surface area contributed by atoms with Gasteiger partial charge in [0.25, 0.3) is 5.91 Å². The van der Waals surface area contributed by atoms with Crippen LogP contribution in [-0.4, -0.2) is 21.7 Å². The van der Waals surface area contributed by atoms with E-state index in [0.717, 1.165) is 5.56 Å². The number of carbonyl (C=O) groups is 1. The van der Waals surface area contributed by atoms with Crippen LogP contribution in [0.1, 0.15) is 22.8 Å². The number of rotatable bonds is 3. The number of hydrogen-bond acceptors (Lipinski definition) is 4. The van der Waals surface area contributed by atoms with E-state index in [1.54, 1.807) is 37.5 Å². The van der Waals surface area contributed by atoms with Crippen LogP contribution in [0.5, 0.6) is 5.75 Å². The second kappa shape index (κ2) is 6.29. The lowest BCUT2D eigenvalue weighted by Crippen LogP contribution is -2.19. The van der Waals surface area contributed by atoms with Gasteiger partial charge in [-0.2, -0.15) is 5.10 Å². The highest BCUT2D eigenvalue weighted by atomic mass is 79.9. The van der Waals surface area contributed by atoms with Crippen LogP contribution in [0, 0.1) is 0 Å². The Morgan fingerprint density at radius 3 is 2.70 bits per heavy atom. The van der Waals surface area contributed by atoms with Crippen LogP contribution < -0.4 is 5.43 Å². The summed E-state index contributed by atoms with van der Waals surface area (Å²) < 4.78 is 0.704. The van der Waals surface area contributed by atoms with Crippen molar-refractivity contribution < 1.29 is 9.90 Å². The van der Waals surface area contributed by atoms with E-state index < -0.39 is 5.91 Å². The fourth-order valence-electron chi connectivity index (χ4n) is 1.54. The number of hydrogen-bond donors (Lipinski definition) is 2. The van der Waals surface area contributed by atoms with Crippen LogP contribution in [0.4, 0.5) is 0 Å². The third kappa shape index (κ3) is 3.42. The Labute approximate surface area is 124 Å². The Morgan fingerprint density at radius 1 is 1.30 bits per heavy atom. The average Bonchev–Trinajstić information content (AvgIpc) is 2.47. The van der Waals surface area contributed by atoms with E-state index in [0.29, 0.717) is 10.2 Å². The minimum Gasteiger partial charge on any atom is -0.507 e. The van der Waals surface area contributed by atoms with Crippen molar-refractivity contribution in [1.82, 2.24) is 10.4 Å². The topological polar surface area (TPSA) is 74.6 Å². The van der Waals surface area contributed by atoms with Gasteiger partial charge < -0.3 is 5.11 Å². The molecule has 0 atom stereocenters. The van der Waals surface area contributed by atoms with E-state index in [9.17, 15) is 9.90 Å². The molecule has 102 valence electrons. The van der Waals surface area contributed by atoms with Gasteiger partial charge in [0.1, 0.15) is 5.75 Å². The Balaban J connectivity index is 2.14. The number of hydrazone groups is 1. The highest BCUT2D eigenvalue weighted by molar-refractivity contribution is 9.10. The molecule has 0 bridgehead atoms. The summed E-state index contributed by atoms with van der Waals surface area (Å²) in [6.07, 6.45) is 3.30. The molecule has 6 heteroatoms. The summed E-state index contributed by atoms with van der Waals surface area (Å²) >= 11 is 3.25. The minimum absolute atomic E-state index is 0.0949. The third-order valence-corrected chi connectivity index (χ3v) is 3.12. The standard InChI is InChI=1S/C14H12BrN3O2/c1-9(10-4-6-16-7-5-10)17-18-14(20)12-8-11(15)2-3-13(12)19/h2-8,19H,1H3,(H,18,20). The molecule has 0 spiro atoms. The summed E-state index contributed by atoms with van der Waals surface area (Å²) in [5.41, 5.74) is 4.08. The Hall–Kier alpha value is -2.21. The van der Waals surface area contributed by atoms with Gasteiger partial charge in [0.2, 0.25) is 0 Å². The summed E-state index contributed by atoms with van der Waals surface area (Å²) in [6, 6.07) is 8.21. The van der Waals surface area contributed by atoms with Crippen LogP contribution in [0.15, 0.2) is 52.3 Å². The zero-order valence-corrected chi connectivity index (χ0v) is 12.3. The fourth-order valence-corrected chi connectivity index (χ4v) is 1.90. The number of phenolic OH excluding ortho intramolecular Hbond substituents is 1. The maximum atomic E-state index is 11.9. The molecular weight excluding hydrogens is 322 g/mol. The molecule has 0 aliphatic carbocycles. The number of benzene rings is 1. The lowest BCUT2D eigenvalue weighted by Gasteiger charge is -2.05. The fraction of sp³-hybridized carbons (Fsp3) is 0.0714. The lowest BCUT2D eigenvalue weighted by molar-refractivity contribution is 0.0952. The van der Waals surface area contributed by atoms with Crippen LogP contribution >= 0.6 is 15.9 Å². The van der Waals surface area contributed by atoms with Gasteiger partial charge >= 0.3 is 0 Å². The molecule has 0 fully saturated rings. The van der Waals surface area contributed by atoms with Gasteiger partial charge in [0.05, 0.1) is 11.3 Å².